The summed E-state index contributed by atoms with van der Waals surface area (Å²) >= 11 is 0. The fourth-order valence-electron chi connectivity index (χ4n) is 3.23. The van der Waals surface area contributed by atoms with Crippen molar-refractivity contribution in [3.05, 3.63) is 49.5 Å². The van der Waals surface area contributed by atoms with E-state index in [4.69, 9.17) is 4.74 Å². The summed E-state index contributed by atoms with van der Waals surface area (Å²) in [6.07, 6.45) is 3.60. The molecule has 1 N–H and O–H groups in total. The first-order valence-corrected chi connectivity index (χ1v) is 9.79. The zero-order valence-corrected chi connectivity index (χ0v) is 17.3. The Morgan fingerprint density at radius 3 is 2.84 bits per heavy atom. The Labute approximate surface area is 180 Å². The molecular formula is C21H25FN6O3. The van der Waals surface area contributed by atoms with E-state index in [9.17, 15) is 14.0 Å². The van der Waals surface area contributed by atoms with E-state index in [0.29, 0.717) is 31.0 Å². The molecule has 2 aliphatic rings. The number of aliphatic imine (C=N–C) groups is 1. The van der Waals surface area contributed by atoms with Gasteiger partial charge >= 0.3 is 6.09 Å². The summed E-state index contributed by atoms with van der Waals surface area (Å²) < 4.78 is 20.1. The number of carbonyl (C=O) groups is 2. The van der Waals surface area contributed by atoms with E-state index in [-0.39, 0.29) is 19.0 Å². The molecule has 1 atom stereocenters. The molecule has 1 fully saturated rings. The lowest BCUT2D eigenvalue weighted by Gasteiger charge is -2.30. The Hall–Kier alpha value is -3.69. The fraction of sp³-hybridized carbons (Fsp3) is 0.333. The third-order valence-electron chi connectivity index (χ3n) is 4.80. The van der Waals surface area contributed by atoms with E-state index in [1.165, 1.54) is 24.1 Å². The minimum Gasteiger partial charge on any atom is -0.442 e. The second-order valence-electron chi connectivity index (χ2n) is 7.01. The predicted octanol–water partition coefficient (Wildman–Crippen LogP) is 2.12. The molecular weight excluding hydrogens is 403 g/mol. The topological polar surface area (TPSA) is 89.8 Å². The van der Waals surface area contributed by atoms with Gasteiger partial charge in [-0.15, -0.1) is 0 Å². The van der Waals surface area contributed by atoms with Crippen molar-refractivity contribution in [1.29, 1.82) is 0 Å². The molecule has 9 nitrogen and oxygen atoms in total. The van der Waals surface area contributed by atoms with Crippen LogP contribution in [0.2, 0.25) is 0 Å². The summed E-state index contributed by atoms with van der Waals surface area (Å²) in [6, 6.07) is 4.56. The first-order valence-electron chi connectivity index (χ1n) is 9.79. The van der Waals surface area contributed by atoms with Gasteiger partial charge in [0.25, 0.3) is 0 Å². The molecule has 164 valence electrons. The quantitative estimate of drug-likeness (QED) is 0.641. The molecule has 0 spiro atoms. The van der Waals surface area contributed by atoms with E-state index >= 15 is 0 Å². The zero-order chi connectivity index (χ0) is 22.4. The molecule has 2 heterocycles. The maximum Gasteiger partial charge on any atom is 0.414 e. The van der Waals surface area contributed by atoms with Crippen LogP contribution in [0.4, 0.5) is 20.6 Å². The maximum absolute atomic E-state index is 14.8. The van der Waals surface area contributed by atoms with Crippen LogP contribution in [0.1, 0.15) is 6.92 Å². The lowest BCUT2D eigenvalue weighted by atomic mass is 10.2. The van der Waals surface area contributed by atoms with Crippen molar-refractivity contribution in [2.45, 2.75) is 13.0 Å². The molecule has 2 amide bonds. The SMILES string of the molecule is C=C/N=C(\C=C)CN1CCN(c2ccc(N3CC(CNC(C)=O)OC3=O)cc2F)C=N1. The second kappa shape index (κ2) is 9.88. The van der Waals surface area contributed by atoms with Crippen LogP contribution in [0.3, 0.4) is 0 Å². The van der Waals surface area contributed by atoms with Crippen LogP contribution in [0.15, 0.2) is 53.7 Å². The van der Waals surface area contributed by atoms with Gasteiger partial charge < -0.3 is 15.0 Å². The van der Waals surface area contributed by atoms with Crippen LogP contribution >= 0.6 is 0 Å². The molecule has 1 aromatic carbocycles. The highest BCUT2D eigenvalue weighted by Gasteiger charge is 2.33. The van der Waals surface area contributed by atoms with Gasteiger partial charge in [-0.25, -0.2) is 9.18 Å². The molecule has 10 heteroatoms. The Balaban J connectivity index is 1.65. The highest BCUT2D eigenvalue weighted by molar-refractivity contribution is 5.96. The zero-order valence-electron chi connectivity index (χ0n) is 17.3. The van der Waals surface area contributed by atoms with Crippen molar-refractivity contribution in [3.63, 3.8) is 0 Å². The van der Waals surface area contributed by atoms with E-state index in [2.05, 4.69) is 28.6 Å². The molecule has 0 bridgehead atoms. The van der Waals surface area contributed by atoms with Crippen LogP contribution < -0.4 is 15.1 Å². The van der Waals surface area contributed by atoms with Crippen LogP contribution in [0, 0.1) is 5.82 Å². The Morgan fingerprint density at radius 2 is 2.23 bits per heavy atom. The molecule has 0 saturated carbocycles. The number of anilines is 2. The summed E-state index contributed by atoms with van der Waals surface area (Å²) in [5.41, 5.74) is 1.49. The number of cyclic esters (lactones) is 1. The molecule has 1 saturated heterocycles. The lowest BCUT2D eigenvalue weighted by molar-refractivity contribution is -0.119. The van der Waals surface area contributed by atoms with Crippen LogP contribution in [0.5, 0.6) is 0 Å². The minimum atomic E-state index is -0.572. The fourth-order valence-corrected chi connectivity index (χ4v) is 3.23. The number of halogens is 1. The largest absolute Gasteiger partial charge is 0.442 e. The van der Waals surface area contributed by atoms with E-state index < -0.39 is 18.0 Å². The van der Waals surface area contributed by atoms with Crippen LogP contribution in [-0.4, -0.2) is 67.9 Å². The molecule has 1 unspecified atom stereocenters. The third-order valence-corrected chi connectivity index (χ3v) is 4.80. The highest BCUT2D eigenvalue weighted by atomic mass is 19.1. The van der Waals surface area contributed by atoms with Gasteiger partial charge in [0.15, 0.2) is 0 Å². The smallest absolute Gasteiger partial charge is 0.414 e. The molecule has 0 aromatic heterocycles. The third kappa shape index (κ3) is 5.47. The van der Waals surface area contributed by atoms with E-state index in [0.717, 1.165) is 5.71 Å². The number of ether oxygens (including phenoxy) is 1. The summed E-state index contributed by atoms with van der Waals surface area (Å²) in [7, 11) is 0. The number of nitrogens with one attached hydrogen (secondary N) is 1. The van der Waals surface area contributed by atoms with Gasteiger partial charge in [-0.2, -0.15) is 5.10 Å². The van der Waals surface area contributed by atoms with Crippen molar-refractivity contribution in [2.75, 3.05) is 42.5 Å². The highest BCUT2D eigenvalue weighted by Crippen LogP contribution is 2.28. The summed E-state index contributed by atoms with van der Waals surface area (Å²) in [5.74, 6) is -0.684. The van der Waals surface area contributed by atoms with Crippen molar-refractivity contribution < 1.29 is 18.7 Å². The number of hydrogen-bond donors (Lipinski definition) is 1. The molecule has 3 rings (SSSR count). The Kier molecular flexibility index (Phi) is 7.01. The van der Waals surface area contributed by atoms with Gasteiger partial charge in [0, 0.05) is 19.7 Å². The standard InChI is InChI=1S/C21H25FN6O3/c1-4-16(23-5-2)12-27-9-8-26(14-25-27)20-7-6-17(10-19(20)22)28-13-18(31-21(28)30)11-24-15(3)29/h4-7,10,14,18H,1-2,8-9,11-13H2,3H3,(H,24,29)/b23-16+. The summed E-state index contributed by atoms with van der Waals surface area (Å²) in [4.78, 5) is 30.3. The monoisotopic (exact) mass is 428 g/mol. The molecule has 0 radical (unpaired) electrons. The predicted molar refractivity (Wildman–Crippen MR) is 118 cm³/mol. The number of benzene rings is 1. The minimum absolute atomic E-state index is 0.208. The average molecular weight is 428 g/mol. The average Bonchev–Trinajstić information content (AvgIpc) is 3.13. The van der Waals surface area contributed by atoms with Gasteiger partial charge in [0.05, 0.1) is 43.3 Å². The molecule has 31 heavy (non-hydrogen) atoms. The van der Waals surface area contributed by atoms with E-state index in [1.54, 1.807) is 29.4 Å². The number of hydrazone groups is 1. The van der Waals surface area contributed by atoms with Gasteiger partial charge in [-0.1, -0.05) is 13.2 Å². The second-order valence-corrected chi connectivity index (χ2v) is 7.01. The molecule has 0 aliphatic carbocycles. The Bertz CT molecular complexity index is 932. The van der Waals surface area contributed by atoms with Gasteiger partial charge in [-0.05, 0) is 24.3 Å². The van der Waals surface area contributed by atoms with Gasteiger partial charge in [0.2, 0.25) is 5.91 Å². The normalized spacial score (nSPS) is 18.8. The number of rotatable bonds is 8. The lowest BCUT2D eigenvalue weighted by Crippen LogP contribution is -2.40. The number of nitrogens with zero attached hydrogens (tertiary/aromatic N) is 5. The first kappa shape index (κ1) is 22.0. The summed E-state index contributed by atoms with van der Waals surface area (Å²) in [5, 5.41) is 8.76. The van der Waals surface area contributed by atoms with Crippen molar-refractivity contribution in [3.8, 4) is 0 Å². The maximum atomic E-state index is 14.8. The van der Waals surface area contributed by atoms with Crippen molar-refractivity contribution in [1.82, 2.24) is 10.3 Å². The van der Waals surface area contributed by atoms with E-state index in [1.807, 2.05) is 5.01 Å². The van der Waals surface area contributed by atoms with Crippen molar-refractivity contribution >= 4 is 35.4 Å². The number of carbonyl (C=O) groups excluding carboxylic acids is 2. The first-order chi connectivity index (χ1) is 14.9. The van der Waals surface area contributed by atoms with Gasteiger partial charge in [0.1, 0.15) is 18.3 Å². The molecule has 1 aromatic rings. The van der Waals surface area contributed by atoms with Gasteiger partial charge in [-0.3, -0.25) is 19.7 Å². The van der Waals surface area contributed by atoms with Crippen molar-refractivity contribution in [2.24, 2.45) is 10.1 Å². The van der Waals surface area contributed by atoms with Crippen LogP contribution in [-0.2, 0) is 9.53 Å². The Morgan fingerprint density at radius 1 is 1.42 bits per heavy atom. The molecule has 2 aliphatic heterocycles. The summed E-state index contributed by atoms with van der Waals surface area (Å²) in [6.45, 7) is 10.7. The number of hydrogen-bond acceptors (Lipinski definition) is 7. The van der Waals surface area contributed by atoms with Crippen LogP contribution in [0.25, 0.3) is 0 Å². The number of amides is 2.